The van der Waals surface area contributed by atoms with Crippen molar-refractivity contribution in [1.82, 2.24) is 0 Å². The molecule has 0 heterocycles. The molecule has 1 unspecified atom stereocenters. The van der Waals surface area contributed by atoms with Crippen molar-refractivity contribution >= 4 is 15.6 Å². The fourth-order valence-corrected chi connectivity index (χ4v) is 4.40. The molecule has 0 saturated heterocycles. The van der Waals surface area contributed by atoms with Crippen molar-refractivity contribution in [3.8, 4) is 5.75 Å². The Bertz CT molecular complexity index is 953. The number of carbonyl (C=O) groups excluding carboxylic acids is 1. The van der Waals surface area contributed by atoms with Crippen LogP contribution in [0.5, 0.6) is 5.75 Å². The van der Waals surface area contributed by atoms with E-state index >= 15 is 0 Å². The Balaban J connectivity index is 1.93. The van der Waals surface area contributed by atoms with Gasteiger partial charge in [-0.05, 0) is 29.8 Å². The maximum Gasteiger partial charge on any atom is 0.193 e. The third-order valence-electron chi connectivity index (χ3n) is 3.90. The first-order chi connectivity index (χ1) is 12.6. The molecule has 0 aliphatic rings. The van der Waals surface area contributed by atoms with Gasteiger partial charge in [-0.25, -0.2) is 8.42 Å². The van der Waals surface area contributed by atoms with Crippen molar-refractivity contribution in [1.29, 1.82) is 0 Å². The van der Waals surface area contributed by atoms with Crippen LogP contribution >= 0.6 is 0 Å². The van der Waals surface area contributed by atoms with E-state index in [2.05, 4.69) is 0 Å². The molecule has 0 N–H and O–H groups in total. The number of hydrogen-bond donors (Lipinski definition) is 0. The van der Waals surface area contributed by atoms with E-state index in [4.69, 9.17) is 4.74 Å². The molecule has 0 radical (unpaired) electrons. The Morgan fingerprint density at radius 3 is 1.85 bits per heavy atom. The van der Waals surface area contributed by atoms with Gasteiger partial charge in [0.2, 0.25) is 0 Å². The second-order valence-corrected chi connectivity index (χ2v) is 7.75. The SMILES string of the molecule is O=C(COc1ccccc1)C(c1ccccc1)S(=O)(=O)c1ccccc1. The Kier molecular flexibility index (Phi) is 5.49. The van der Waals surface area contributed by atoms with Gasteiger partial charge in [-0.15, -0.1) is 0 Å². The third-order valence-corrected chi connectivity index (χ3v) is 5.99. The number of Topliss-reactive ketones (excluding diaryl/α,β-unsaturated/α-hetero) is 1. The minimum Gasteiger partial charge on any atom is -0.486 e. The monoisotopic (exact) mass is 366 g/mol. The van der Waals surface area contributed by atoms with E-state index in [9.17, 15) is 13.2 Å². The van der Waals surface area contributed by atoms with Crippen molar-refractivity contribution < 1.29 is 17.9 Å². The largest absolute Gasteiger partial charge is 0.486 e. The summed E-state index contributed by atoms with van der Waals surface area (Å²) in [6, 6.07) is 25.3. The van der Waals surface area contributed by atoms with Crippen molar-refractivity contribution in [3.63, 3.8) is 0 Å². The Hall–Kier alpha value is -2.92. The van der Waals surface area contributed by atoms with Gasteiger partial charge in [0, 0.05) is 0 Å². The molecule has 3 rings (SSSR count). The van der Waals surface area contributed by atoms with E-state index in [-0.39, 0.29) is 11.5 Å². The summed E-state index contributed by atoms with van der Waals surface area (Å²) in [7, 11) is -3.89. The molecule has 4 nitrogen and oxygen atoms in total. The van der Waals surface area contributed by atoms with Crippen LogP contribution in [0.2, 0.25) is 0 Å². The Labute approximate surface area is 153 Å². The van der Waals surface area contributed by atoms with Crippen molar-refractivity contribution in [2.45, 2.75) is 10.1 Å². The number of sulfone groups is 1. The lowest BCUT2D eigenvalue weighted by Crippen LogP contribution is -2.27. The van der Waals surface area contributed by atoms with E-state index in [0.717, 1.165) is 0 Å². The molecule has 1 atom stereocenters. The molecule has 5 heteroatoms. The Morgan fingerprint density at radius 2 is 1.27 bits per heavy atom. The first kappa shape index (κ1) is 17.9. The standard InChI is InChI=1S/C21H18O4S/c22-20(16-25-18-12-6-2-7-13-18)21(17-10-4-1-5-11-17)26(23,24)19-14-8-3-9-15-19/h1-15,21H,16H2. The topological polar surface area (TPSA) is 60.4 Å². The lowest BCUT2D eigenvalue weighted by Gasteiger charge is -2.17. The molecule has 3 aromatic carbocycles. The normalized spacial score (nSPS) is 12.3. The highest BCUT2D eigenvalue weighted by molar-refractivity contribution is 7.92. The predicted molar refractivity (Wildman–Crippen MR) is 99.8 cm³/mol. The van der Waals surface area contributed by atoms with Crippen LogP contribution in [0.15, 0.2) is 95.9 Å². The van der Waals surface area contributed by atoms with Gasteiger partial charge in [0.15, 0.2) is 20.9 Å². The summed E-state index contributed by atoms with van der Waals surface area (Å²) in [5, 5.41) is -1.31. The average molecular weight is 366 g/mol. The molecule has 0 aliphatic heterocycles. The van der Waals surface area contributed by atoms with Crippen LogP contribution in [-0.4, -0.2) is 20.8 Å². The van der Waals surface area contributed by atoms with E-state index < -0.39 is 20.9 Å². The van der Waals surface area contributed by atoms with Crippen molar-refractivity contribution in [2.75, 3.05) is 6.61 Å². The molecule has 0 fully saturated rings. The van der Waals surface area contributed by atoms with Crippen LogP contribution in [0, 0.1) is 0 Å². The molecule has 3 aromatic rings. The molecule has 26 heavy (non-hydrogen) atoms. The van der Waals surface area contributed by atoms with E-state index in [1.54, 1.807) is 72.8 Å². The summed E-state index contributed by atoms with van der Waals surface area (Å²) >= 11 is 0. The quantitative estimate of drug-likeness (QED) is 0.637. The highest BCUT2D eigenvalue weighted by Gasteiger charge is 2.35. The number of rotatable bonds is 7. The van der Waals surface area contributed by atoms with Gasteiger partial charge in [0.1, 0.15) is 12.4 Å². The molecular weight excluding hydrogens is 348 g/mol. The van der Waals surface area contributed by atoms with Crippen molar-refractivity contribution in [2.24, 2.45) is 0 Å². The minimum atomic E-state index is -3.89. The van der Waals surface area contributed by atoms with Gasteiger partial charge in [-0.3, -0.25) is 4.79 Å². The lowest BCUT2D eigenvalue weighted by atomic mass is 10.1. The van der Waals surface area contributed by atoms with Crippen LogP contribution < -0.4 is 4.74 Å². The number of ketones is 1. The van der Waals surface area contributed by atoms with Gasteiger partial charge >= 0.3 is 0 Å². The maximum atomic E-state index is 13.1. The summed E-state index contributed by atoms with van der Waals surface area (Å²) < 4.78 is 31.7. The number of benzene rings is 3. The summed E-state index contributed by atoms with van der Waals surface area (Å²) in [5.41, 5.74) is 0.429. The van der Waals surface area contributed by atoms with Gasteiger partial charge in [0.05, 0.1) is 4.90 Å². The van der Waals surface area contributed by atoms with E-state index in [1.807, 2.05) is 6.07 Å². The maximum absolute atomic E-state index is 13.1. The van der Waals surface area contributed by atoms with Crippen LogP contribution in [0.4, 0.5) is 0 Å². The van der Waals surface area contributed by atoms with Crippen LogP contribution in [0.25, 0.3) is 0 Å². The van der Waals surface area contributed by atoms with E-state index in [1.165, 1.54) is 12.1 Å². The molecule has 0 saturated carbocycles. The molecule has 132 valence electrons. The highest BCUT2D eigenvalue weighted by atomic mass is 32.2. The first-order valence-electron chi connectivity index (χ1n) is 8.13. The molecule has 0 aromatic heterocycles. The van der Waals surface area contributed by atoms with Crippen molar-refractivity contribution in [3.05, 3.63) is 96.6 Å². The molecule has 0 bridgehead atoms. The number of para-hydroxylation sites is 1. The van der Waals surface area contributed by atoms with Crippen LogP contribution in [0.1, 0.15) is 10.8 Å². The van der Waals surface area contributed by atoms with E-state index in [0.29, 0.717) is 11.3 Å². The molecular formula is C21H18O4S. The highest BCUT2D eigenvalue weighted by Crippen LogP contribution is 2.30. The van der Waals surface area contributed by atoms with Gasteiger partial charge in [-0.2, -0.15) is 0 Å². The summed E-state index contributed by atoms with van der Waals surface area (Å²) in [4.78, 5) is 12.9. The smallest absolute Gasteiger partial charge is 0.193 e. The lowest BCUT2D eigenvalue weighted by molar-refractivity contribution is -0.120. The summed E-state index contributed by atoms with van der Waals surface area (Å²) in [6.45, 7) is -0.324. The fourth-order valence-electron chi connectivity index (χ4n) is 2.66. The minimum absolute atomic E-state index is 0.113. The molecule has 0 amide bonds. The predicted octanol–water partition coefficient (Wildman–Crippen LogP) is 3.85. The summed E-state index contributed by atoms with van der Waals surface area (Å²) in [6.07, 6.45) is 0. The zero-order valence-corrected chi connectivity index (χ0v) is 14.8. The molecule has 0 spiro atoms. The zero-order valence-electron chi connectivity index (χ0n) is 14.0. The average Bonchev–Trinajstić information content (AvgIpc) is 2.69. The van der Waals surface area contributed by atoms with Gasteiger partial charge in [-0.1, -0.05) is 66.7 Å². The second kappa shape index (κ2) is 7.97. The second-order valence-electron chi connectivity index (χ2n) is 5.72. The number of carbonyl (C=O) groups is 1. The number of ether oxygens (including phenoxy) is 1. The van der Waals surface area contributed by atoms with Crippen LogP contribution in [-0.2, 0) is 14.6 Å². The fraction of sp³-hybridized carbons (Fsp3) is 0.0952. The summed E-state index contributed by atoms with van der Waals surface area (Å²) in [5.74, 6) is 0.00803. The third kappa shape index (κ3) is 4.00. The zero-order chi connectivity index (χ0) is 18.4. The van der Waals surface area contributed by atoms with Crippen LogP contribution in [0.3, 0.4) is 0 Å². The van der Waals surface area contributed by atoms with Gasteiger partial charge < -0.3 is 4.74 Å². The van der Waals surface area contributed by atoms with Gasteiger partial charge in [0.25, 0.3) is 0 Å². The Morgan fingerprint density at radius 1 is 0.769 bits per heavy atom. The first-order valence-corrected chi connectivity index (χ1v) is 9.68. The number of hydrogen-bond acceptors (Lipinski definition) is 4. The molecule has 0 aliphatic carbocycles.